The van der Waals surface area contributed by atoms with Crippen LogP contribution in [-0.2, 0) is 9.53 Å². The molecule has 0 aliphatic carbocycles. The molecule has 1 N–H and O–H groups in total. The average Bonchev–Trinajstić information content (AvgIpc) is 2.37. The summed E-state index contributed by atoms with van der Waals surface area (Å²) in [6.07, 6.45) is -2.44. The van der Waals surface area contributed by atoms with Crippen molar-refractivity contribution in [3.8, 4) is 5.75 Å². The van der Waals surface area contributed by atoms with Crippen LogP contribution < -0.4 is 4.74 Å². The molecule has 0 aromatic heterocycles. The number of carbonyl (C=O) groups is 2. The Morgan fingerprint density at radius 1 is 1.29 bits per heavy atom. The van der Waals surface area contributed by atoms with Gasteiger partial charge in [-0.25, -0.2) is 4.79 Å². The molecule has 0 aliphatic heterocycles. The van der Waals surface area contributed by atoms with Crippen molar-refractivity contribution in [2.24, 2.45) is 5.92 Å². The molecule has 0 amide bonds. The molecule has 0 saturated carbocycles. The van der Waals surface area contributed by atoms with Crippen molar-refractivity contribution in [3.63, 3.8) is 0 Å². The third-order valence-corrected chi connectivity index (χ3v) is 2.60. The predicted octanol–water partition coefficient (Wildman–Crippen LogP) is 2.91. The lowest BCUT2D eigenvalue weighted by Gasteiger charge is -2.17. The van der Waals surface area contributed by atoms with Gasteiger partial charge in [0.2, 0.25) is 0 Å². The molecule has 1 aromatic rings. The number of nitro groups is 1. The van der Waals surface area contributed by atoms with Crippen LogP contribution in [0.3, 0.4) is 0 Å². The number of benzene rings is 1. The standard InChI is InChI=1S/C13H15NO7/c1-7(2)12(15)20-8(3)10-6-9(14(18)19)4-5-11(10)21-13(16)17/h4-8H,1-3H3,(H,16,17). The van der Waals surface area contributed by atoms with Gasteiger partial charge in [0, 0.05) is 17.7 Å². The molecule has 1 aromatic carbocycles. The SMILES string of the molecule is CC(C)C(=O)OC(C)c1cc([N+](=O)[O-])ccc1OC(=O)O. The minimum absolute atomic E-state index is 0.112. The molecule has 0 spiro atoms. The first-order valence-corrected chi connectivity index (χ1v) is 6.12. The van der Waals surface area contributed by atoms with E-state index < -0.39 is 23.2 Å². The summed E-state index contributed by atoms with van der Waals surface area (Å²) in [6, 6.07) is 3.39. The first-order chi connectivity index (χ1) is 9.72. The van der Waals surface area contributed by atoms with Crippen LogP contribution in [0.25, 0.3) is 0 Å². The van der Waals surface area contributed by atoms with Gasteiger partial charge in [0.05, 0.1) is 10.8 Å². The smallest absolute Gasteiger partial charge is 0.457 e. The minimum Gasteiger partial charge on any atom is -0.457 e. The Hall–Kier alpha value is -2.64. The average molecular weight is 297 g/mol. The van der Waals surface area contributed by atoms with E-state index in [4.69, 9.17) is 9.84 Å². The Morgan fingerprint density at radius 3 is 2.38 bits per heavy atom. The first-order valence-electron chi connectivity index (χ1n) is 6.12. The summed E-state index contributed by atoms with van der Waals surface area (Å²) in [7, 11) is 0. The summed E-state index contributed by atoms with van der Waals surface area (Å²) in [5.74, 6) is -0.998. The second kappa shape index (κ2) is 6.69. The molecule has 0 bridgehead atoms. The number of esters is 1. The normalized spacial score (nSPS) is 11.8. The fourth-order valence-electron chi connectivity index (χ4n) is 1.53. The number of hydrogen-bond donors (Lipinski definition) is 1. The van der Waals surface area contributed by atoms with Gasteiger partial charge >= 0.3 is 12.1 Å². The van der Waals surface area contributed by atoms with Crippen molar-refractivity contribution in [1.82, 2.24) is 0 Å². The summed E-state index contributed by atoms with van der Waals surface area (Å²) in [6.45, 7) is 4.75. The highest BCUT2D eigenvalue weighted by molar-refractivity contribution is 5.72. The zero-order valence-corrected chi connectivity index (χ0v) is 11.7. The maximum atomic E-state index is 11.6. The number of carbonyl (C=O) groups excluding carboxylic acids is 1. The van der Waals surface area contributed by atoms with E-state index in [9.17, 15) is 19.7 Å². The highest BCUT2D eigenvalue weighted by Gasteiger charge is 2.22. The Bertz CT molecular complexity index is 568. The van der Waals surface area contributed by atoms with Crippen molar-refractivity contribution in [3.05, 3.63) is 33.9 Å². The maximum Gasteiger partial charge on any atom is 0.511 e. The van der Waals surface area contributed by atoms with Crippen molar-refractivity contribution in [2.45, 2.75) is 26.9 Å². The largest absolute Gasteiger partial charge is 0.511 e. The summed E-state index contributed by atoms with van der Waals surface area (Å²) in [5.41, 5.74) is -0.143. The number of hydrogen-bond acceptors (Lipinski definition) is 6. The van der Waals surface area contributed by atoms with Gasteiger partial charge < -0.3 is 14.6 Å². The Kier molecular flexibility index (Phi) is 5.23. The van der Waals surface area contributed by atoms with E-state index in [1.54, 1.807) is 13.8 Å². The van der Waals surface area contributed by atoms with Crippen LogP contribution in [0.4, 0.5) is 10.5 Å². The Morgan fingerprint density at radius 2 is 1.90 bits per heavy atom. The lowest BCUT2D eigenvalue weighted by molar-refractivity contribution is -0.385. The van der Waals surface area contributed by atoms with E-state index >= 15 is 0 Å². The number of ether oxygens (including phenoxy) is 2. The predicted molar refractivity (Wildman–Crippen MR) is 71.1 cm³/mol. The Balaban J connectivity index is 3.15. The summed E-state index contributed by atoms with van der Waals surface area (Å²) >= 11 is 0. The number of nitrogens with zero attached hydrogens (tertiary/aromatic N) is 1. The second-order valence-electron chi connectivity index (χ2n) is 4.58. The highest BCUT2D eigenvalue weighted by atomic mass is 16.7. The fraction of sp³-hybridized carbons (Fsp3) is 0.385. The van der Waals surface area contributed by atoms with Gasteiger partial charge in [-0.3, -0.25) is 14.9 Å². The Labute approximate surface area is 120 Å². The summed E-state index contributed by atoms with van der Waals surface area (Å²) in [5, 5.41) is 19.4. The van der Waals surface area contributed by atoms with Crippen LogP contribution in [0.15, 0.2) is 18.2 Å². The van der Waals surface area contributed by atoms with Crippen molar-refractivity contribution < 1.29 is 29.1 Å². The molecule has 1 rings (SSSR count). The van der Waals surface area contributed by atoms with Crippen molar-refractivity contribution in [2.75, 3.05) is 0 Å². The van der Waals surface area contributed by atoms with Gasteiger partial charge in [-0.05, 0) is 13.0 Å². The third kappa shape index (κ3) is 4.44. The molecule has 0 radical (unpaired) electrons. The van der Waals surface area contributed by atoms with E-state index in [1.807, 2.05) is 0 Å². The van der Waals surface area contributed by atoms with Gasteiger partial charge in [-0.1, -0.05) is 13.8 Å². The van der Waals surface area contributed by atoms with E-state index in [1.165, 1.54) is 6.92 Å². The van der Waals surface area contributed by atoms with Crippen LogP contribution in [-0.4, -0.2) is 22.2 Å². The zero-order chi connectivity index (χ0) is 16.2. The number of rotatable bonds is 5. The van der Waals surface area contributed by atoms with Gasteiger partial charge in [-0.2, -0.15) is 0 Å². The monoisotopic (exact) mass is 297 g/mol. The lowest BCUT2D eigenvalue weighted by Crippen LogP contribution is -2.16. The number of non-ortho nitro benzene ring substituents is 1. The molecule has 0 heterocycles. The van der Waals surface area contributed by atoms with Crippen molar-refractivity contribution >= 4 is 17.8 Å². The van der Waals surface area contributed by atoms with E-state index in [2.05, 4.69) is 4.74 Å². The van der Waals surface area contributed by atoms with Gasteiger partial charge in [0.1, 0.15) is 11.9 Å². The maximum absolute atomic E-state index is 11.6. The van der Waals surface area contributed by atoms with Gasteiger partial charge in [-0.15, -0.1) is 0 Å². The van der Waals surface area contributed by atoms with Crippen molar-refractivity contribution in [1.29, 1.82) is 0 Å². The summed E-state index contributed by atoms with van der Waals surface area (Å²) < 4.78 is 9.67. The highest BCUT2D eigenvalue weighted by Crippen LogP contribution is 2.31. The molecule has 0 fully saturated rings. The molecule has 21 heavy (non-hydrogen) atoms. The number of nitro benzene ring substituents is 1. The molecular formula is C13H15NO7. The first kappa shape index (κ1) is 16.4. The van der Waals surface area contributed by atoms with Crippen LogP contribution in [0.2, 0.25) is 0 Å². The van der Waals surface area contributed by atoms with E-state index in [-0.39, 0.29) is 22.9 Å². The van der Waals surface area contributed by atoms with Gasteiger partial charge in [0.25, 0.3) is 5.69 Å². The zero-order valence-electron chi connectivity index (χ0n) is 11.7. The number of carboxylic acid groups (broad SMARTS) is 1. The molecule has 0 saturated heterocycles. The second-order valence-corrected chi connectivity index (χ2v) is 4.58. The lowest BCUT2D eigenvalue weighted by atomic mass is 10.1. The minimum atomic E-state index is -1.56. The topological polar surface area (TPSA) is 116 Å². The van der Waals surface area contributed by atoms with Crippen LogP contribution >= 0.6 is 0 Å². The van der Waals surface area contributed by atoms with E-state index in [0.717, 1.165) is 18.2 Å². The third-order valence-electron chi connectivity index (χ3n) is 2.60. The van der Waals surface area contributed by atoms with Crippen LogP contribution in [0.5, 0.6) is 5.75 Å². The molecule has 8 nitrogen and oxygen atoms in total. The molecule has 0 aliphatic rings. The molecular weight excluding hydrogens is 282 g/mol. The quantitative estimate of drug-likeness (QED) is 0.384. The molecule has 114 valence electrons. The fourth-order valence-corrected chi connectivity index (χ4v) is 1.53. The van der Waals surface area contributed by atoms with E-state index in [0.29, 0.717) is 0 Å². The molecule has 1 atom stereocenters. The molecule has 8 heteroatoms. The van der Waals surface area contributed by atoms with Crippen LogP contribution in [0, 0.1) is 16.0 Å². The molecule has 1 unspecified atom stereocenters. The summed E-state index contributed by atoms with van der Waals surface area (Å²) in [4.78, 5) is 32.3. The van der Waals surface area contributed by atoms with Crippen LogP contribution in [0.1, 0.15) is 32.4 Å². The van der Waals surface area contributed by atoms with Gasteiger partial charge in [0.15, 0.2) is 0 Å².